The van der Waals surface area contributed by atoms with Gasteiger partial charge in [0, 0.05) is 16.2 Å². The summed E-state index contributed by atoms with van der Waals surface area (Å²) in [4.78, 5) is 0. The second kappa shape index (κ2) is 5.05. The number of anilines is 2. The fourth-order valence-electron chi connectivity index (χ4n) is 2.03. The largest absolute Gasteiger partial charge is 0.383 e. The number of benzene rings is 1. The van der Waals surface area contributed by atoms with Gasteiger partial charge in [0.1, 0.15) is 0 Å². The first kappa shape index (κ1) is 11.0. The molecule has 0 fully saturated rings. The van der Waals surface area contributed by atoms with Crippen LogP contribution < -0.4 is 10.6 Å². The van der Waals surface area contributed by atoms with Gasteiger partial charge in [0.2, 0.25) is 0 Å². The minimum atomic E-state index is 0.629. The predicted molar refractivity (Wildman–Crippen MR) is 74.6 cm³/mol. The molecular formula is C12H17IN2. The summed E-state index contributed by atoms with van der Waals surface area (Å²) in [5.41, 5.74) is 2.51. The first-order chi connectivity index (χ1) is 7.29. The summed E-state index contributed by atoms with van der Waals surface area (Å²) < 4.78 is 1.29. The Morgan fingerprint density at radius 3 is 3.07 bits per heavy atom. The van der Waals surface area contributed by atoms with E-state index in [1.165, 1.54) is 34.2 Å². The molecule has 0 saturated carbocycles. The van der Waals surface area contributed by atoms with E-state index in [1.807, 2.05) is 0 Å². The lowest BCUT2D eigenvalue weighted by atomic mass is 10.1. The third-order valence-corrected chi connectivity index (χ3v) is 3.46. The van der Waals surface area contributed by atoms with Crippen LogP contribution in [0.4, 0.5) is 11.4 Å². The molecule has 1 unspecified atom stereocenters. The summed E-state index contributed by atoms with van der Waals surface area (Å²) in [6.45, 7) is 3.32. The maximum Gasteiger partial charge on any atom is 0.0586 e. The van der Waals surface area contributed by atoms with Crippen LogP contribution in [0.15, 0.2) is 18.2 Å². The normalized spacial score (nSPS) is 19.7. The SMILES string of the molecule is CCCC1CCNc2cc(I)ccc2N1. The van der Waals surface area contributed by atoms with E-state index < -0.39 is 0 Å². The lowest BCUT2D eigenvalue weighted by Crippen LogP contribution is -2.19. The lowest BCUT2D eigenvalue weighted by molar-refractivity contribution is 0.615. The minimum absolute atomic E-state index is 0.629. The van der Waals surface area contributed by atoms with Crippen molar-refractivity contribution in [1.29, 1.82) is 0 Å². The molecule has 2 nitrogen and oxygen atoms in total. The van der Waals surface area contributed by atoms with Crippen molar-refractivity contribution >= 4 is 34.0 Å². The van der Waals surface area contributed by atoms with Crippen molar-refractivity contribution in [2.75, 3.05) is 17.2 Å². The van der Waals surface area contributed by atoms with Gasteiger partial charge < -0.3 is 10.6 Å². The second-order valence-corrected chi connectivity index (χ2v) is 5.28. The quantitative estimate of drug-likeness (QED) is 0.813. The summed E-state index contributed by atoms with van der Waals surface area (Å²) in [5.74, 6) is 0. The Morgan fingerprint density at radius 2 is 2.27 bits per heavy atom. The van der Waals surface area contributed by atoms with Crippen LogP contribution in [-0.2, 0) is 0 Å². The molecule has 0 radical (unpaired) electrons. The number of hydrogen-bond acceptors (Lipinski definition) is 2. The maximum absolute atomic E-state index is 3.62. The van der Waals surface area contributed by atoms with E-state index in [9.17, 15) is 0 Å². The van der Waals surface area contributed by atoms with Gasteiger partial charge in [-0.05, 0) is 53.6 Å². The van der Waals surface area contributed by atoms with Crippen LogP contribution in [-0.4, -0.2) is 12.6 Å². The molecule has 1 aromatic carbocycles. The first-order valence-electron chi connectivity index (χ1n) is 5.59. The van der Waals surface area contributed by atoms with Gasteiger partial charge in [-0.15, -0.1) is 0 Å². The van der Waals surface area contributed by atoms with Crippen LogP contribution in [0.2, 0.25) is 0 Å². The highest BCUT2D eigenvalue weighted by molar-refractivity contribution is 14.1. The molecule has 1 aromatic rings. The van der Waals surface area contributed by atoms with Gasteiger partial charge in [0.25, 0.3) is 0 Å². The fraction of sp³-hybridized carbons (Fsp3) is 0.500. The molecule has 1 heterocycles. The van der Waals surface area contributed by atoms with E-state index in [4.69, 9.17) is 0 Å². The number of nitrogens with one attached hydrogen (secondary N) is 2. The lowest BCUT2D eigenvalue weighted by Gasteiger charge is -2.16. The Balaban J connectivity index is 2.18. The molecule has 1 aliphatic heterocycles. The van der Waals surface area contributed by atoms with E-state index in [0.29, 0.717) is 6.04 Å². The monoisotopic (exact) mass is 316 g/mol. The molecule has 2 N–H and O–H groups in total. The van der Waals surface area contributed by atoms with Crippen LogP contribution in [0.3, 0.4) is 0 Å². The van der Waals surface area contributed by atoms with Crippen molar-refractivity contribution in [1.82, 2.24) is 0 Å². The van der Waals surface area contributed by atoms with Crippen molar-refractivity contribution in [2.24, 2.45) is 0 Å². The second-order valence-electron chi connectivity index (χ2n) is 4.04. The average molecular weight is 316 g/mol. The fourth-order valence-corrected chi connectivity index (χ4v) is 2.52. The molecule has 1 atom stereocenters. The van der Waals surface area contributed by atoms with Crippen LogP contribution in [0.1, 0.15) is 26.2 Å². The van der Waals surface area contributed by atoms with Crippen LogP contribution >= 0.6 is 22.6 Å². The number of hydrogen-bond donors (Lipinski definition) is 2. The smallest absolute Gasteiger partial charge is 0.0586 e. The highest BCUT2D eigenvalue weighted by Crippen LogP contribution is 2.28. The van der Waals surface area contributed by atoms with Gasteiger partial charge in [0.15, 0.2) is 0 Å². The van der Waals surface area contributed by atoms with Crippen molar-refractivity contribution in [3.63, 3.8) is 0 Å². The first-order valence-corrected chi connectivity index (χ1v) is 6.67. The van der Waals surface area contributed by atoms with E-state index in [-0.39, 0.29) is 0 Å². The molecule has 82 valence electrons. The molecule has 2 rings (SSSR count). The Kier molecular flexibility index (Phi) is 3.72. The molecule has 1 aliphatic rings. The standard InChI is InChI=1S/C12H17IN2/c1-2-3-10-6-7-14-12-8-9(13)4-5-11(12)15-10/h4-5,8,10,14-15H,2-3,6-7H2,1H3. The van der Waals surface area contributed by atoms with E-state index in [0.717, 1.165) is 6.54 Å². The Labute approximate surface area is 105 Å². The van der Waals surface area contributed by atoms with Crippen LogP contribution in [0.25, 0.3) is 0 Å². The summed E-state index contributed by atoms with van der Waals surface area (Å²) in [7, 11) is 0. The van der Waals surface area contributed by atoms with Crippen LogP contribution in [0, 0.1) is 3.57 Å². The molecular weight excluding hydrogens is 299 g/mol. The highest BCUT2D eigenvalue weighted by atomic mass is 127. The zero-order valence-electron chi connectivity index (χ0n) is 9.02. The molecule has 0 spiro atoms. The predicted octanol–water partition coefficient (Wildman–Crippen LogP) is 3.69. The van der Waals surface area contributed by atoms with Gasteiger partial charge >= 0.3 is 0 Å². The van der Waals surface area contributed by atoms with Crippen molar-refractivity contribution in [2.45, 2.75) is 32.2 Å². The maximum atomic E-state index is 3.62. The summed E-state index contributed by atoms with van der Waals surface area (Å²) >= 11 is 2.35. The third-order valence-electron chi connectivity index (χ3n) is 2.79. The van der Waals surface area contributed by atoms with Gasteiger partial charge in [-0.3, -0.25) is 0 Å². The van der Waals surface area contributed by atoms with Crippen LogP contribution in [0.5, 0.6) is 0 Å². The van der Waals surface area contributed by atoms with Gasteiger partial charge in [-0.25, -0.2) is 0 Å². The third kappa shape index (κ3) is 2.77. The van der Waals surface area contributed by atoms with Gasteiger partial charge in [-0.2, -0.15) is 0 Å². The summed E-state index contributed by atoms with van der Waals surface area (Å²) in [6.07, 6.45) is 3.71. The molecule has 3 heteroatoms. The number of fused-ring (bicyclic) bond motifs is 1. The Morgan fingerprint density at radius 1 is 1.40 bits per heavy atom. The average Bonchev–Trinajstić information content (AvgIpc) is 2.40. The molecule has 0 amide bonds. The summed E-state index contributed by atoms with van der Waals surface area (Å²) in [6, 6.07) is 7.17. The Bertz CT molecular complexity index is 338. The molecule has 15 heavy (non-hydrogen) atoms. The van der Waals surface area contributed by atoms with E-state index in [2.05, 4.69) is 58.3 Å². The highest BCUT2D eigenvalue weighted by Gasteiger charge is 2.14. The molecule has 0 saturated heterocycles. The van der Waals surface area contributed by atoms with Gasteiger partial charge in [-0.1, -0.05) is 13.3 Å². The Hall–Kier alpha value is -0.450. The zero-order chi connectivity index (χ0) is 10.7. The van der Waals surface area contributed by atoms with E-state index >= 15 is 0 Å². The van der Waals surface area contributed by atoms with Crippen molar-refractivity contribution in [3.05, 3.63) is 21.8 Å². The number of halogens is 1. The summed E-state index contributed by atoms with van der Waals surface area (Å²) in [5, 5.41) is 7.11. The molecule has 0 bridgehead atoms. The minimum Gasteiger partial charge on any atom is -0.383 e. The zero-order valence-corrected chi connectivity index (χ0v) is 11.2. The van der Waals surface area contributed by atoms with Crippen molar-refractivity contribution < 1.29 is 0 Å². The van der Waals surface area contributed by atoms with E-state index in [1.54, 1.807) is 0 Å². The topological polar surface area (TPSA) is 24.1 Å². The molecule has 0 aromatic heterocycles. The molecule has 0 aliphatic carbocycles. The van der Waals surface area contributed by atoms with Crippen molar-refractivity contribution in [3.8, 4) is 0 Å². The number of rotatable bonds is 2. The van der Waals surface area contributed by atoms with Gasteiger partial charge in [0.05, 0.1) is 11.4 Å².